The van der Waals surface area contributed by atoms with Gasteiger partial charge in [-0.2, -0.15) is 0 Å². The van der Waals surface area contributed by atoms with E-state index < -0.39 is 0 Å². The SMILES string of the molecule is CCc1cccc(C(=O)c2ccc(N)c(C)c2)c1. The maximum absolute atomic E-state index is 12.3. The van der Waals surface area contributed by atoms with Crippen LogP contribution in [0.3, 0.4) is 0 Å². The molecule has 0 unspecified atom stereocenters. The molecule has 0 aliphatic carbocycles. The number of carbonyl (C=O) groups is 1. The molecule has 2 rings (SSSR count). The molecule has 0 atom stereocenters. The van der Waals surface area contributed by atoms with Crippen LogP contribution in [0.15, 0.2) is 42.5 Å². The molecule has 0 saturated heterocycles. The highest BCUT2D eigenvalue weighted by molar-refractivity contribution is 6.09. The zero-order chi connectivity index (χ0) is 13.1. The molecule has 0 aromatic heterocycles. The molecule has 0 heterocycles. The lowest BCUT2D eigenvalue weighted by molar-refractivity contribution is 0.103. The molecule has 0 saturated carbocycles. The van der Waals surface area contributed by atoms with Gasteiger partial charge in [-0.25, -0.2) is 0 Å². The fourth-order valence-electron chi connectivity index (χ4n) is 1.92. The fourth-order valence-corrected chi connectivity index (χ4v) is 1.92. The van der Waals surface area contributed by atoms with E-state index in [4.69, 9.17) is 5.73 Å². The van der Waals surface area contributed by atoms with Gasteiger partial charge in [-0.05, 0) is 48.7 Å². The summed E-state index contributed by atoms with van der Waals surface area (Å²) in [6.07, 6.45) is 0.932. The highest BCUT2D eigenvalue weighted by atomic mass is 16.1. The summed E-state index contributed by atoms with van der Waals surface area (Å²) in [7, 11) is 0. The van der Waals surface area contributed by atoms with Crippen molar-refractivity contribution < 1.29 is 4.79 Å². The molecule has 0 bridgehead atoms. The van der Waals surface area contributed by atoms with E-state index in [0.717, 1.165) is 17.5 Å². The molecule has 0 fully saturated rings. The van der Waals surface area contributed by atoms with Crippen molar-refractivity contribution in [3.8, 4) is 0 Å². The lowest BCUT2D eigenvalue weighted by atomic mass is 9.99. The Morgan fingerprint density at radius 2 is 1.83 bits per heavy atom. The van der Waals surface area contributed by atoms with E-state index in [2.05, 4.69) is 6.92 Å². The Hall–Kier alpha value is -2.09. The number of anilines is 1. The van der Waals surface area contributed by atoms with Gasteiger partial charge in [-0.15, -0.1) is 0 Å². The number of ketones is 1. The summed E-state index contributed by atoms with van der Waals surface area (Å²) in [6, 6.07) is 13.2. The number of carbonyl (C=O) groups excluding carboxylic acids is 1. The molecule has 2 heteroatoms. The number of aryl methyl sites for hydroxylation is 2. The van der Waals surface area contributed by atoms with Crippen molar-refractivity contribution in [2.75, 3.05) is 5.73 Å². The zero-order valence-electron chi connectivity index (χ0n) is 10.7. The minimum absolute atomic E-state index is 0.0494. The minimum Gasteiger partial charge on any atom is -0.399 e. The number of rotatable bonds is 3. The van der Waals surface area contributed by atoms with E-state index in [-0.39, 0.29) is 5.78 Å². The smallest absolute Gasteiger partial charge is 0.193 e. The monoisotopic (exact) mass is 239 g/mol. The van der Waals surface area contributed by atoms with Crippen molar-refractivity contribution in [3.05, 3.63) is 64.7 Å². The maximum atomic E-state index is 12.3. The van der Waals surface area contributed by atoms with Crippen molar-refractivity contribution in [2.24, 2.45) is 0 Å². The Labute approximate surface area is 107 Å². The summed E-state index contributed by atoms with van der Waals surface area (Å²) in [6.45, 7) is 3.99. The number of benzene rings is 2. The van der Waals surface area contributed by atoms with Crippen molar-refractivity contribution >= 4 is 11.5 Å². The first-order chi connectivity index (χ1) is 8.61. The molecular formula is C16H17NO. The van der Waals surface area contributed by atoms with Crippen LogP contribution in [0.1, 0.15) is 34.0 Å². The Balaban J connectivity index is 2.38. The van der Waals surface area contributed by atoms with Crippen LogP contribution >= 0.6 is 0 Å². The molecule has 0 spiro atoms. The number of nitrogen functional groups attached to an aromatic ring is 1. The van der Waals surface area contributed by atoms with Gasteiger partial charge in [0.05, 0.1) is 0 Å². The number of hydrogen-bond acceptors (Lipinski definition) is 2. The third kappa shape index (κ3) is 2.43. The van der Waals surface area contributed by atoms with Crippen LogP contribution in [0.4, 0.5) is 5.69 Å². The van der Waals surface area contributed by atoms with Gasteiger partial charge < -0.3 is 5.73 Å². The molecule has 2 N–H and O–H groups in total. The van der Waals surface area contributed by atoms with Gasteiger partial charge in [0.15, 0.2) is 5.78 Å². The van der Waals surface area contributed by atoms with Crippen LogP contribution in [-0.4, -0.2) is 5.78 Å². The Morgan fingerprint density at radius 1 is 1.11 bits per heavy atom. The summed E-state index contributed by atoms with van der Waals surface area (Å²) >= 11 is 0. The third-order valence-corrected chi connectivity index (χ3v) is 3.13. The molecule has 18 heavy (non-hydrogen) atoms. The van der Waals surface area contributed by atoms with Gasteiger partial charge in [0, 0.05) is 16.8 Å². The molecule has 0 radical (unpaired) electrons. The molecule has 0 aliphatic rings. The van der Waals surface area contributed by atoms with Gasteiger partial charge in [0.25, 0.3) is 0 Å². The van der Waals surface area contributed by atoms with Gasteiger partial charge in [0.2, 0.25) is 0 Å². The second-order valence-corrected chi connectivity index (χ2v) is 4.45. The first-order valence-corrected chi connectivity index (χ1v) is 6.11. The van der Waals surface area contributed by atoms with Crippen LogP contribution in [0.25, 0.3) is 0 Å². The summed E-state index contributed by atoms with van der Waals surface area (Å²) < 4.78 is 0. The lowest BCUT2D eigenvalue weighted by Gasteiger charge is -2.06. The highest BCUT2D eigenvalue weighted by Crippen LogP contribution is 2.17. The minimum atomic E-state index is 0.0494. The first kappa shape index (κ1) is 12.4. The number of nitrogens with two attached hydrogens (primary N) is 1. The largest absolute Gasteiger partial charge is 0.399 e. The van der Waals surface area contributed by atoms with Crippen LogP contribution in [0, 0.1) is 6.92 Å². The highest BCUT2D eigenvalue weighted by Gasteiger charge is 2.10. The Morgan fingerprint density at radius 3 is 2.50 bits per heavy atom. The summed E-state index contributed by atoms with van der Waals surface area (Å²) in [4.78, 5) is 12.3. The van der Waals surface area contributed by atoms with Gasteiger partial charge in [0.1, 0.15) is 0 Å². The van der Waals surface area contributed by atoms with Crippen molar-refractivity contribution in [1.29, 1.82) is 0 Å². The maximum Gasteiger partial charge on any atom is 0.193 e. The van der Waals surface area contributed by atoms with Gasteiger partial charge >= 0.3 is 0 Å². The van der Waals surface area contributed by atoms with Crippen LogP contribution in [0.2, 0.25) is 0 Å². The van der Waals surface area contributed by atoms with Crippen LogP contribution in [-0.2, 0) is 6.42 Å². The standard InChI is InChI=1S/C16H17NO/c1-3-12-5-4-6-13(10-12)16(18)14-7-8-15(17)11(2)9-14/h4-10H,3,17H2,1-2H3. The first-order valence-electron chi connectivity index (χ1n) is 6.11. The number of hydrogen-bond donors (Lipinski definition) is 1. The summed E-state index contributed by atoms with van der Waals surface area (Å²) in [5.74, 6) is 0.0494. The predicted octanol–water partition coefficient (Wildman–Crippen LogP) is 3.37. The van der Waals surface area contributed by atoms with Crippen LogP contribution in [0.5, 0.6) is 0 Å². The van der Waals surface area contributed by atoms with E-state index in [0.29, 0.717) is 11.3 Å². The molecule has 0 aliphatic heterocycles. The van der Waals surface area contributed by atoms with Gasteiger partial charge in [-0.1, -0.05) is 25.1 Å². The van der Waals surface area contributed by atoms with E-state index in [1.807, 2.05) is 37.3 Å². The average Bonchev–Trinajstić information content (AvgIpc) is 2.41. The Kier molecular flexibility index (Phi) is 3.47. The second-order valence-electron chi connectivity index (χ2n) is 4.45. The molecular weight excluding hydrogens is 222 g/mol. The molecule has 92 valence electrons. The van der Waals surface area contributed by atoms with Gasteiger partial charge in [-0.3, -0.25) is 4.79 Å². The van der Waals surface area contributed by atoms with Crippen molar-refractivity contribution in [1.82, 2.24) is 0 Å². The molecule has 2 nitrogen and oxygen atoms in total. The zero-order valence-corrected chi connectivity index (χ0v) is 10.7. The van der Waals surface area contributed by atoms with Crippen molar-refractivity contribution in [3.63, 3.8) is 0 Å². The normalized spacial score (nSPS) is 10.3. The summed E-state index contributed by atoms with van der Waals surface area (Å²) in [5.41, 5.74) is 10.0. The van der Waals surface area contributed by atoms with Crippen LogP contribution < -0.4 is 5.73 Å². The molecule has 2 aromatic carbocycles. The average molecular weight is 239 g/mol. The third-order valence-electron chi connectivity index (χ3n) is 3.13. The van der Waals surface area contributed by atoms with E-state index >= 15 is 0 Å². The Bertz CT molecular complexity index is 587. The van der Waals surface area contributed by atoms with Crippen molar-refractivity contribution in [2.45, 2.75) is 20.3 Å². The predicted molar refractivity (Wildman–Crippen MR) is 74.8 cm³/mol. The van der Waals surface area contributed by atoms with E-state index in [9.17, 15) is 4.79 Å². The lowest BCUT2D eigenvalue weighted by Crippen LogP contribution is -2.03. The molecule has 2 aromatic rings. The topological polar surface area (TPSA) is 43.1 Å². The van der Waals surface area contributed by atoms with E-state index in [1.165, 1.54) is 5.56 Å². The summed E-state index contributed by atoms with van der Waals surface area (Å²) in [5, 5.41) is 0. The van der Waals surface area contributed by atoms with E-state index in [1.54, 1.807) is 12.1 Å². The fraction of sp³-hybridized carbons (Fsp3) is 0.188. The quantitative estimate of drug-likeness (QED) is 0.659. The second kappa shape index (κ2) is 5.05. The molecule has 0 amide bonds.